The third-order valence-corrected chi connectivity index (χ3v) is 6.01. The zero-order valence-electron chi connectivity index (χ0n) is 18.0. The van der Waals surface area contributed by atoms with Crippen LogP contribution in [0.15, 0.2) is 72.6 Å². The molecule has 7 heteroatoms. The van der Waals surface area contributed by atoms with Gasteiger partial charge >= 0.3 is 0 Å². The highest BCUT2D eigenvalue weighted by atomic mass is 16.5. The average Bonchev–Trinajstić information content (AvgIpc) is 3.42. The fourth-order valence-electron chi connectivity index (χ4n) is 4.39. The van der Waals surface area contributed by atoms with Crippen molar-refractivity contribution in [1.82, 2.24) is 9.88 Å². The molecule has 2 aliphatic heterocycles. The van der Waals surface area contributed by atoms with Crippen LogP contribution >= 0.6 is 0 Å². The van der Waals surface area contributed by atoms with E-state index in [1.807, 2.05) is 30.3 Å². The summed E-state index contributed by atoms with van der Waals surface area (Å²) < 4.78 is 10.8. The molecule has 1 atom stereocenters. The summed E-state index contributed by atoms with van der Waals surface area (Å²) in [6.07, 6.45) is 3.94. The Balaban J connectivity index is 1.61. The number of methoxy groups -OCH3 is 1. The van der Waals surface area contributed by atoms with Crippen LogP contribution in [0.25, 0.3) is 5.76 Å². The molecular formula is C26H22N2O5. The lowest BCUT2D eigenvalue weighted by Gasteiger charge is -2.25. The highest BCUT2D eigenvalue weighted by Crippen LogP contribution is 2.41. The van der Waals surface area contributed by atoms with Gasteiger partial charge in [0.15, 0.2) is 0 Å². The first kappa shape index (κ1) is 20.8. The van der Waals surface area contributed by atoms with E-state index < -0.39 is 17.7 Å². The monoisotopic (exact) mass is 442 g/mol. The number of aliphatic hydroxyl groups excluding tert-OH is 1. The highest BCUT2D eigenvalue weighted by Gasteiger charge is 2.46. The average molecular weight is 442 g/mol. The van der Waals surface area contributed by atoms with Gasteiger partial charge in [-0.25, -0.2) is 0 Å². The van der Waals surface area contributed by atoms with Gasteiger partial charge in [0.05, 0.1) is 25.3 Å². The van der Waals surface area contributed by atoms with Crippen LogP contribution in [0, 0.1) is 0 Å². The van der Waals surface area contributed by atoms with Gasteiger partial charge in [-0.05, 0) is 59.2 Å². The van der Waals surface area contributed by atoms with Crippen molar-refractivity contribution in [2.75, 3.05) is 13.7 Å². The summed E-state index contributed by atoms with van der Waals surface area (Å²) >= 11 is 0. The molecule has 1 N–H and O–H groups in total. The molecule has 3 heterocycles. The number of hydrogen-bond donors (Lipinski definition) is 1. The lowest BCUT2D eigenvalue weighted by molar-refractivity contribution is -0.140. The number of ketones is 1. The van der Waals surface area contributed by atoms with Crippen molar-refractivity contribution in [3.63, 3.8) is 0 Å². The number of rotatable bonds is 5. The first-order valence-corrected chi connectivity index (χ1v) is 10.6. The van der Waals surface area contributed by atoms with E-state index >= 15 is 0 Å². The maximum atomic E-state index is 13.2. The Morgan fingerprint density at radius 2 is 1.97 bits per heavy atom. The molecule has 33 heavy (non-hydrogen) atoms. The minimum Gasteiger partial charge on any atom is -0.507 e. The smallest absolute Gasteiger partial charge is 0.295 e. The number of nitrogens with zero attached hydrogens (tertiary/aromatic N) is 2. The van der Waals surface area contributed by atoms with Crippen molar-refractivity contribution in [2.45, 2.75) is 19.0 Å². The summed E-state index contributed by atoms with van der Waals surface area (Å²) in [5, 5.41) is 11.2. The van der Waals surface area contributed by atoms with Crippen molar-refractivity contribution in [3.05, 3.63) is 94.8 Å². The second-order valence-corrected chi connectivity index (χ2v) is 7.98. The maximum Gasteiger partial charge on any atom is 0.295 e. The Bertz CT molecular complexity index is 1270. The summed E-state index contributed by atoms with van der Waals surface area (Å²) in [4.78, 5) is 31.9. The van der Waals surface area contributed by atoms with Gasteiger partial charge in [-0.3, -0.25) is 14.6 Å². The number of aliphatic hydroxyl groups is 1. The van der Waals surface area contributed by atoms with E-state index in [0.29, 0.717) is 23.5 Å². The Kier molecular flexibility index (Phi) is 5.30. The van der Waals surface area contributed by atoms with Crippen LogP contribution in [0.2, 0.25) is 0 Å². The van der Waals surface area contributed by atoms with Crippen LogP contribution in [0.1, 0.15) is 28.3 Å². The standard InChI is InChI=1S/C26H22N2O5/c1-32-20-4-2-3-16(13-20)15-28-23(17-7-10-27-11-8-17)22(25(30)26(28)31)24(29)19-5-6-21-18(14-19)9-12-33-21/h2-8,10-11,13-14,23,29H,9,12,15H2,1H3/b24-22-. The highest BCUT2D eigenvalue weighted by molar-refractivity contribution is 6.46. The van der Waals surface area contributed by atoms with Crippen molar-refractivity contribution < 1.29 is 24.2 Å². The maximum absolute atomic E-state index is 13.2. The number of ether oxygens (including phenoxy) is 2. The van der Waals surface area contributed by atoms with E-state index in [4.69, 9.17) is 9.47 Å². The van der Waals surface area contributed by atoms with Gasteiger partial charge in [0.1, 0.15) is 17.3 Å². The topological polar surface area (TPSA) is 89.0 Å². The molecule has 3 aromatic rings. The van der Waals surface area contributed by atoms with E-state index in [-0.39, 0.29) is 17.9 Å². The van der Waals surface area contributed by atoms with Crippen molar-refractivity contribution in [3.8, 4) is 11.5 Å². The largest absolute Gasteiger partial charge is 0.507 e. The minimum atomic E-state index is -0.747. The van der Waals surface area contributed by atoms with Gasteiger partial charge in [0, 0.05) is 30.9 Å². The second kappa shape index (κ2) is 8.43. The van der Waals surface area contributed by atoms with Gasteiger partial charge in [-0.2, -0.15) is 0 Å². The van der Waals surface area contributed by atoms with E-state index in [0.717, 1.165) is 23.3 Å². The lowest BCUT2D eigenvalue weighted by Crippen LogP contribution is -2.29. The van der Waals surface area contributed by atoms with Crippen LogP contribution in [-0.4, -0.2) is 40.4 Å². The molecular weight excluding hydrogens is 420 g/mol. The molecule has 1 fully saturated rings. The Morgan fingerprint density at radius 3 is 2.76 bits per heavy atom. The van der Waals surface area contributed by atoms with E-state index in [2.05, 4.69) is 4.98 Å². The van der Waals surface area contributed by atoms with Gasteiger partial charge in [0.25, 0.3) is 11.7 Å². The predicted octanol–water partition coefficient (Wildman–Crippen LogP) is 3.65. The number of likely N-dealkylation sites (tertiary alicyclic amines) is 1. The second-order valence-electron chi connectivity index (χ2n) is 7.98. The van der Waals surface area contributed by atoms with E-state index in [1.165, 1.54) is 4.90 Å². The molecule has 1 aromatic heterocycles. The van der Waals surface area contributed by atoms with Gasteiger partial charge in [-0.15, -0.1) is 0 Å². The normalized spacial score (nSPS) is 18.8. The van der Waals surface area contributed by atoms with Crippen LogP contribution in [0.5, 0.6) is 11.5 Å². The van der Waals surface area contributed by atoms with Crippen LogP contribution in [0.4, 0.5) is 0 Å². The Labute approximate surface area is 190 Å². The number of pyridine rings is 1. The van der Waals surface area contributed by atoms with E-state index in [1.54, 1.807) is 43.8 Å². The molecule has 2 aliphatic rings. The number of fused-ring (bicyclic) bond motifs is 1. The number of aromatic nitrogens is 1. The molecule has 7 nitrogen and oxygen atoms in total. The molecule has 1 unspecified atom stereocenters. The van der Waals surface area contributed by atoms with Gasteiger partial charge in [0.2, 0.25) is 0 Å². The summed E-state index contributed by atoms with van der Waals surface area (Å²) in [6, 6.07) is 15.4. The number of hydrogen-bond acceptors (Lipinski definition) is 6. The van der Waals surface area contributed by atoms with Crippen molar-refractivity contribution >= 4 is 17.4 Å². The first-order valence-electron chi connectivity index (χ1n) is 10.6. The number of benzene rings is 2. The Hall–Kier alpha value is -4.13. The van der Waals surface area contributed by atoms with E-state index in [9.17, 15) is 14.7 Å². The molecule has 1 saturated heterocycles. The zero-order valence-corrected chi connectivity index (χ0v) is 18.0. The number of Topliss-reactive ketones (excluding diaryl/α,β-unsaturated/α-hetero) is 1. The number of carbonyl (C=O) groups excluding carboxylic acids is 2. The quantitative estimate of drug-likeness (QED) is 0.369. The molecule has 1 amide bonds. The molecule has 0 spiro atoms. The predicted molar refractivity (Wildman–Crippen MR) is 121 cm³/mol. The summed E-state index contributed by atoms with van der Waals surface area (Å²) in [5.41, 5.74) is 3.01. The van der Waals surface area contributed by atoms with Crippen LogP contribution in [-0.2, 0) is 22.6 Å². The molecule has 0 radical (unpaired) electrons. The minimum absolute atomic E-state index is 0.0629. The molecule has 2 aromatic carbocycles. The summed E-state index contributed by atoms with van der Waals surface area (Å²) in [7, 11) is 1.57. The van der Waals surface area contributed by atoms with Crippen LogP contribution in [0.3, 0.4) is 0 Å². The number of amides is 1. The van der Waals surface area contributed by atoms with Crippen LogP contribution < -0.4 is 9.47 Å². The summed E-state index contributed by atoms with van der Waals surface area (Å²) in [6.45, 7) is 0.769. The molecule has 0 aliphatic carbocycles. The lowest BCUT2D eigenvalue weighted by atomic mass is 9.95. The first-order chi connectivity index (χ1) is 16.1. The Morgan fingerprint density at radius 1 is 1.15 bits per heavy atom. The van der Waals surface area contributed by atoms with Gasteiger partial charge < -0.3 is 19.5 Å². The molecule has 0 bridgehead atoms. The molecule has 5 rings (SSSR count). The fourth-order valence-corrected chi connectivity index (χ4v) is 4.39. The molecule has 166 valence electrons. The SMILES string of the molecule is COc1cccc(CN2C(=O)C(=O)/C(=C(\O)c3ccc4c(c3)CCO4)C2c2ccncc2)c1. The van der Waals surface area contributed by atoms with Crippen molar-refractivity contribution in [2.24, 2.45) is 0 Å². The third-order valence-electron chi connectivity index (χ3n) is 6.01. The third kappa shape index (κ3) is 3.71. The van der Waals surface area contributed by atoms with Gasteiger partial charge in [-0.1, -0.05) is 12.1 Å². The summed E-state index contributed by atoms with van der Waals surface area (Å²) in [5.74, 6) is -0.141. The zero-order chi connectivity index (χ0) is 22.9. The fraction of sp³-hybridized carbons (Fsp3) is 0.192. The van der Waals surface area contributed by atoms with Crippen molar-refractivity contribution in [1.29, 1.82) is 0 Å². The molecule has 0 saturated carbocycles. The number of carbonyl (C=O) groups is 2.